The van der Waals surface area contributed by atoms with Crippen LogP contribution in [0.2, 0.25) is 0 Å². The summed E-state index contributed by atoms with van der Waals surface area (Å²) in [5.41, 5.74) is 0.191. The van der Waals surface area contributed by atoms with E-state index >= 15 is 0 Å². The van der Waals surface area contributed by atoms with Crippen LogP contribution in [0.4, 0.5) is 20.3 Å². The van der Waals surface area contributed by atoms with Gasteiger partial charge >= 0.3 is 0 Å². The molecule has 2 N–H and O–H groups in total. The average Bonchev–Trinajstić information content (AvgIpc) is 2.75. The predicted octanol–water partition coefficient (Wildman–Crippen LogP) is 3.23. The SMILES string of the molecule is CC(C)NC(=O)C1CCN(c2ccc(SCC(=O)Nc3ccc(F)c(F)c3)nn2)CC1. The van der Waals surface area contributed by atoms with Gasteiger partial charge in [-0.15, -0.1) is 10.2 Å². The number of benzene rings is 1. The third kappa shape index (κ3) is 6.61. The molecule has 0 radical (unpaired) electrons. The Morgan fingerprint density at radius 3 is 2.48 bits per heavy atom. The fourth-order valence-corrected chi connectivity index (χ4v) is 3.86. The first-order valence-corrected chi connectivity index (χ1v) is 11.1. The normalized spacial score (nSPS) is 14.5. The molecule has 7 nitrogen and oxygen atoms in total. The monoisotopic (exact) mass is 449 g/mol. The Kier molecular flexibility index (Phi) is 7.78. The fourth-order valence-electron chi connectivity index (χ4n) is 3.24. The molecule has 1 aromatic heterocycles. The molecular weight excluding hydrogens is 424 g/mol. The molecule has 2 heterocycles. The first-order chi connectivity index (χ1) is 14.8. The van der Waals surface area contributed by atoms with Gasteiger partial charge in [0.05, 0.1) is 5.75 Å². The molecule has 10 heteroatoms. The lowest BCUT2D eigenvalue weighted by Gasteiger charge is -2.32. The molecule has 3 rings (SSSR count). The van der Waals surface area contributed by atoms with Crippen LogP contribution in [-0.4, -0.2) is 46.9 Å². The first kappa shape index (κ1) is 22.9. The van der Waals surface area contributed by atoms with Crippen LogP contribution in [0.5, 0.6) is 0 Å². The number of aromatic nitrogens is 2. The van der Waals surface area contributed by atoms with Crippen LogP contribution in [0.1, 0.15) is 26.7 Å². The lowest BCUT2D eigenvalue weighted by Crippen LogP contribution is -2.42. The summed E-state index contributed by atoms with van der Waals surface area (Å²) >= 11 is 1.20. The van der Waals surface area contributed by atoms with Crippen molar-refractivity contribution in [3.63, 3.8) is 0 Å². The highest BCUT2D eigenvalue weighted by atomic mass is 32.2. The zero-order valence-corrected chi connectivity index (χ0v) is 18.2. The van der Waals surface area contributed by atoms with Gasteiger partial charge in [-0.2, -0.15) is 0 Å². The molecule has 1 saturated heterocycles. The van der Waals surface area contributed by atoms with Crippen molar-refractivity contribution in [2.75, 3.05) is 29.1 Å². The number of halogens is 2. The number of carbonyl (C=O) groups excluding carboxylic acids is 2. The minimum absolute atomic E-state index is 0.0227. The summed E-state index contributed by atoms with van der Waals surface area (Å²) in [6, 6.07) is 6.96. The van der Waals surface area contributed by atoms with Crippen LogP contribution in [0, 0.1) is 17.6 Å². The Morgan fingerprint density at radius 1 is 1.13 bits per heavy atom. The van der Waals surface area contributed by atoms with E-state index in [0.29, 0.717) is 5.03 Å². The van der Waals surface area contributed by atoms with Crippen LogP contribution in [0.15, 0.2) is 35.4 Å². The number of amides is 2. The quantitative estimate of drug-likeness (QED) is 0.631. The summed E-state index contributed by atoms with van der Waals surface area (Å²) in [7, 11) is 0. The highest BCUT2D eigenvalue weighted by Gasteiger charge is 2.26. The van der Waals surface area contributed by atoms with Crippen molar-refractivity contribution >= 4 is 35.1 Å². The Morgan fingerprint density at radius 2 is 1.87 bits per heavy atom. The van der Waals surface area contributed by atoms with Crippen LogP contribution < -0.4 is 15.5 Å². The van der Waals surface area contributed by atoms with Crippen molar-refractivity contribution in [2.24, 2.45) is 5.92 Å². The van der Waals surface area contributed by atoms with Crippen molar-refractivity contribution in [2.45, 2.75) is 37.8 Å². The summed E-state index contributed by atoms with van der Waals surface area (Å²) < 4.78 is 26.2. The Balaban J connectivity index is 1.45. The van der Waals surface area contributed by atoms with Gasteiger partial charge in [0.25, 0.3) is 0 Å². The van der Waals surface area contributed by atoms with Gasteiger partial charge in [-0.1, -0.05) is 11.8 Å². The molecule has 1 aliphatic rings. The van der Waals surface area contributed by atoms with E-state index in [9.17, 15) is 18.4 Å². The number of rotatable bonds is 7. The lowest BCUT2D eigenvalue weighted by molar-refractivity contribution is -0.126. The molecule has 1 fully saturated rings. The molecule has 0 atom stereocenters. The largest absolute Gasteiger partial charge is 0.355 e. The van der Waals surface area contributed by atoms with Gasteiger partial charge in [0, 0.05) is 36.8 Å². The van der Waals surface area contributed by atoms with Crippen molar-refractivity contribution in [1.82, 2.24) is 15.5 Å². The Labute approximate surface area is 184 Å². The molecule has 2 aromatic rings. The van der Waals surface area contributed by atoms with Gasteiger partial charge in [-0.05, 0) is 51.0 Å². The van der Waals surface area contributed by atoms with Gasteiger partial charge in [-0.3, -0.25) is 9.59 Å². The fraction of sp³-hybridized carbons (Fsp3) is 0.429. The van der Waals surface area contributed by atoms with Crippen LogP contribution in [0.25, 0.3) is 0 Å². The number of nitrogens with one attached hydrogen (secondary N) is 2. The molecule has 0 spiro atoms. The summed E-state index contributed by atoms with van der Waals surface area (Å²) in [6.07, 6.45) is 1.53. The van der Waals surface area contributed by atoms with Crippen molar-refractivity contribution in [3.05, 3.63) is 42.0 Å². The van der Waals surface area contributed by atoms with E-state index in [-0.39, 0.29) is 35.2 Å². The molecule has 1 aromatic carbocycles. The minimum Gasteiger partial charge on any atom is -0.355 e. The third-order valence-electron chi connectivity index (χ3n) is 4.80. The highest BCUT2D eigenvalue weighted by molar-refractivity contribution is 7.99. The number of hydrogen-bond donors (Lipinski definition) is 2. The molecule has 166 valence electrons. The predicted molar refractivity (Wildman–Crippen MR) is 116 cm³/mol. The lowest BCUT2D eigenvalue weighted by atomic mass is 9.95. The Bertz CT molecular complexity index is 918. The topological polar surface area (TPSA) is 87.2 Å². The second-order valence-electron chi connectivity index (χ2n) is 7.62. The minimum atomic E-state index is -1.02. The maximum Gasteiger partial charge on any atom is 0.234 e. The first-order valence-electron chi connectivity index (χ1n) is 10.1. The van der Waals surface area contributed by atoms with E-state index in [2.05, 4.69) is 25.7 Å². The zero-order chi connectivity index (χ0) is 22.4. The van der Waals surface area contributed by atoms with Gasteiger partial charge in [0.2, 0.25) is 11.8 Å². The molecule has 2 amide bonds. The van der Waals surface area contributed by atoms with Crippen LogP contribution >= 0.6 is 11.8 Å². The molecular formula is C21H25F2N5O2S. The van der Waals surface area contributed by atoms with E-state index in [4.69, 9.17) is 0 Å². The maximum atomic E-state index is 13.2. The smallest absolute Gasteiger partial charge is 0.234 e. The molecule has 0 unspecified atom stereocenters. The summed E-state index contributed by atoms with van der Waals surface area (Å²) in [4.78, 5) is 26.2. The third-order valence-corrected chi connectivity index (χ3v) is 5.72. The van der Waals surface area contributed by atoms with E-state index in [1.54, 1.807) is 6.07 Å². The van der Waals surface area contributed by atoms with E-state index in [0.717, 1.165) is 43.9 Å². The van der Waals surface area contributed by atoms with Crippen LogP contribution in [0.3, 0.4) is 0 Å². The van der Waals surface area contributed by atoms with Crippen molar-refractivity contribution in [1.29, 1.82) is 0 Å². The summed E-state index contributed by atoms with van der Waals surface area (Å²) in [5, 5.41) is 14.4. The molecule has 31 heavy (non-hydrogen) atoms. The molecule has 0 aliphatic carbocycles. The zero-order valence-electron chi connectivity index (χ0n) is 17.4. The molecule has 0 saturated carbocycles. The summed E-state index contributed by atoms with van der Waals surface area (Å²) in [5.74, 6) is -1.42. The molecule has 0 bridgehead atoms. The van der Waals surface area contributed by atoms with Gasteiger partial charge in [0.15, 0.2) is 17.5 Å². The molecule has 1 aliphatic heterocycles. The van der Waals surface area contributed by atoms with Crippen molar-refractivity contribution in [3.8, 4) is 0 Å². The average molecular weight is 450 g/mol. The van der Waals surface area contributed by atoms with Gasteiger partial charge < -0.3 is 15.5 Å². The second-order valence-corrected chi connectivity index (χ2v) is 8.62. The second kappa shape index (κ2) is 10.5. The highest BCUT2D eigenvalue weighted by Crippen LogP contribution is 2.23. The number of hydrogen-bond acceptors (Lipinski definition) is 6. The van der Waals surface area contributed by atoms with E-state index in [1.807, 2.05) is 19.9 Å². The van der Waals surface area contributed by atoms with E-state index < -0.39 is 11.6 Å². The van der Waals surface area contributed by atoms with Crippen LogP contribution in [-0.2, 0) is 9.59 Å². The van der Waals surface area contributed by atoms with Gasteiger partial charge in [-0.25, -0.2) is 8.78 Å². The van der Waals surface area contributed by atoms with Gasteiger partial charge in [0.1, 0.15) is 5.03 Å². The number of nitrogens with zero attached hydrogens (tertiary/aromatic N) is 3. The maximum absolute atomic E-state index is 13.2. The van der Waals surface area contributed by atoms with E-state index in [1.165, 1.54) is 17.8 Å². The number of piperidine rings is 1. The standard InChI is InChI=1S/C21H25F2N5O2S/c1-13(2)24-21(30)14-7-9-28(10-8-14)18-5-6-20(27-26-18)31-12-19(29)25-15-3-4-16(22)17(23)11-15/h3-6,11,13-14H,7-10,12H2,1-2H3,(H,24,30)(H,25,29). The number of anilines is 2. The number of thioether (sulfide) groups is 1. The Hall–Kier alpha value is -2.75. The summed E-state index contributed by atoms with van der Waals surface area (Å²) in [6.45, 7) is 5.37. The number of carbonyl (C=O) groups is 2. The van der Waals surface area contributed by atoms with Crippen molar-refractivity contribution < 1.29 is 18.4 Å².